The fraction of sp³-hybridized carbons (Fsp3) is 0.167. The molecule has 6 heteroatoms. The summed E-state index contributed by atoms with van der Waals surface area (Å²) in [4.78, 5) is 11.9. The molecule has 1 aromatic heterocycles. The molecule has 0 aliphatic rings. The standard InChI is InChI=1S/C12H10Br2N2O2/c1-7-4-9(18-16-7)6-15-12(17)10-3-2-8(13)5-11(10)14/h2-5H,6H2,1H3,(H,15,17). The Kier molecular flexibility index (Phi) is 4.19. The fourth-order valence-corrected chi connectivity index (χ4v) is 2.66. The lowest BCUT2D eigenvalue weighted by Gasteiger charge is -2.05. The molecule has 0 atom stereocenters. The summed E-state index contributed by atoms with van der Waals surface area (Å²) in [6, 6.07) is 7.18. The summed E-state index contributed by atoms with van der Waals surface area (Å²) in [5.41, 5.74) is 1.37. The lowest BCUT2D eigenvalue weighted by molar-refractivity contribution is 0.0946. The topological polar surface area (TPSA) is 55.1 Å². The van der Waals surface area contributed by atoms with Gasteiger partial charge in [-0.2, -0.15) is 0 Å². The number of carbonyl (C=O) groups excluding carboxylic acids is 1. The van der Waals surface area contributed by atoms with E-state index in [1.807, 2.05) is 19.1 Å². The average molecular weight is 374 g/mol. The van der Waals surface area contributed by atoms with E-state index in [2.05, 4.69) is 42.3 Å². The predicted octanol–water partition coefficient (Wildman–Crippen LogP) is 3.44. The summed E-state index contributed by atoms with van der Waals surface area (Å²) in [7, 11) is 0. The van der Waals surface area contributed by atoms with Crippen LogP contribution in [0.1, 0.15) is 21.8 Å². The molecular weight excluding hydrogens is 364 g/mol. The number of nitrogens with one attached hydrogen (secondary N) is 1. The van der Waals surface area contributed by atoms with Gasteiger partial charge in [-0.3, -0.25) is 4.79 Å². The Bertz CT molecular complexity index is 581. The highest BCUT2D eigenvalue weighted by Crippen LogP contribution is 2.21. The van der Waals surface area contributed by atoms with Crippen LogP contribution in [-0.4, -0.2) is 11.1 Å². The van der Waals surface area contributed by atoms with Crippen molar-refractivity contribution < 1.29 is 9.32 Å². The highest BCUT2D eigenvalue weighted by molar-refractivity contribution is 9.11. The Morgan fingerprint density at radius 2 is 2.17 bits per heavy atom. The summed E-state index contributed by atoms with van der Waals surface area (Å²) in [5, 5.41) is 6.53. The van der Waals surface area contributed by atoms with Gasteiger partial charge in [-0.05, 0) is 41.1 Å². The molecule has 0 aliphatic carbocycles. The monoisotopic (exact) mass is 372 g/mol. The van der Waals surface area contributed by atoms with E-state index in [9.17, 15) is 4.79 Å². The average Bonchev–Trinajstić information content (AvgIpc) is 2.72. The zero-order valence-corrected chi connectivity index (χ0v) is 12.7. The smallest absolute Gasteiger partial charge is 0.252 e. The molecule has 0 spiro atoms. The van der Waals surface area contributed by atoms with Crippen LogP contribution in [0.25, 0.3) is 0 Å². The molecule has 0 radical (unpaired) electrons. The van der Waals surface area contributed by atoms with Crippen LogP contribution in [0.4, 0.5) is 0 Å². The number of nitrogens with zero attached hydrogens (tertiary/aromatic N) is 1. The number of hydrogen-bond acceptors (Lipinski definition) is 3. The Balaban J connectivity index is 2.03. The number of carbonyl (C=O) groups is 1. The number of amides is 1. The first-order valence-corrected chi connectivity index (χ1v) is 6.80. The number of halogens is 2. The predicted molar refractivity (Wildman–Crippen MR) is 74.3 cm³/mol. The van der Waals surface area contributed by atoms with E-state index < -0.39 is 0 Å². The minimum atomic E-state index is -0.163. The van der Waals surface area contributed by atoms with Crippen LogP contribution in [0.3, 0.4) is 0 Å². The van der Waals surface area contributed by atoms with Crippen molar-refractivity contribution >= 4 is 37.8 Å². The van der Waals surface area contributed by atoms with Crippen LogP contribution in [0.15, 0.2) is 37.7 Å². The maximum Gasteiger partial charge on any atom is 0.252 e. The first-order chi connectivity index (χ1) is 8.56. The molecule has 4 nitrogen and oxygen atoms in total. The zero-order chi connectivity index (χ0) is 13.1. The van der Waals surface area contributed by atoms with E-state index in [4.69, 9.17) is 4.52 Å². The molecule has 1 aromatic carbocycles. The van der Waals surface area contributed by atoms with Gasteiger partial charge >= 0.3 is 0 Å². The Morgan fingerprint density at radius 3 is 2.78 bits per heavy atom. The first-order valence-electron chi connectivity index (χ1n) is 5.21. The second-order valence-electron chi connectivity index (χ2n) is 3.74. The molecule has 0 aliphatic heterocycles. The Hall–Kier alpha value is -1.14. The molecule has 18 heavy (non-hydrogen) atoms. The number of hydrogen-bond donors (Lipinski definition) is 1. The van der Waals surface area contributed by atoms with Crippen molar-refractivity contribution in [3.8, 4) is 0 Å². The van der Waals surface area contributed by atoms with Crippen LogP contribution in [0.5, 0.6) is 0 Å². The highest BCUT2D eigenvalue weighted by atomic mass is 79.9. The van der Waals surface area contributed by atoms with E-state index in [0.717, 1.165) is 14.6 Å². The zero-order valence-electron chi connectivity index (χ0n) is 9.54. The SMILES string of the molecule is Cc1cc(CNC(=O)c2ccc(Br)cc2Br)on1. The van der Waals surface area contributed by atoms with Crippen molar-refractivity contribution in [1.82, 2.24) is 10.5 Å². The first kappa shape index (κ1) is 13.3. The minimum absolute atomic E-state index is 0.163. The van der Waals surface area contributed by atoms with Crippen molar-refractivity contribution in [2.24, 2.45) is 0 Å². The van der Waals surface area contributed by atoms with Crippen LogP contribution >= 0.6 is 31.9 Å². The molecule has 0 bridgehead atoms. The number of aromatic nitrogens is 1. The Morgan fingerprint density at radius 1 is 1.39 bits per heavy atom. The van der Waals surface area contributed by atoms with Crippen molar-refractivity contribution in [2.75, 3.05) is 0 Å². The molecular formula is C12H10Br2N2O2. The third-order valence-corrected chi connectivity index (χ3v) is 3.43. The normalized spacial score (nSPS) is 10.4. The Labute approximate surface area is 121 Å². The molecule has 1 N–H and O–H groups in total. The summed E-state index contributed by atoms with van der Waals surface area (Å²) < 4.78 is 6.67. The molecule has 0 saturated heterocycles. The van der Waals surface area contributed by atoms with Crippen molar-refractivity contribution in [1.29, 1.82) is 0 Å². The molecule has 94 valence electrons. The van der Waals surface area contributed by atoms with Gasteiger partial charge in [0.15, 0.2) is 5.76 Å². The van der Waals surface area contributed by atoms with Gasteiger partial charge in [-0.15, -0.1) is 0 Å². The van der Waals surface area contributed by atoms with E-state index in [-0.39, 0.29) is 5.91 Å². The van der Waals surface area contributed by atoms with Gasteiger partial charge in [0, 0.05) is 15.0 Å². The van der Waals surface area contributed by atoms with Crippen LogP contribution in [0, 0.1) is 6.92 Å². The van der Waals surface area contributed by atoms with Crippen molar-refractivity contribution in [2.45, 2.75) is 13.5 Å². The molecule has 1 amide bonds. The van der Waals surface area contributed by atoms with Gasteiger partial charge in [0.25, 0.3) is 5.91 Å². The van der Waals surface area contributed by atoms with Crippen LogP contribution in [-0.2, 0) is 6.54 Å². The molecule has 2 rings (SSSR count). The number of aryl methyl sites for hydroxylation is 1. The fourth-order valence-electron chi connectivity index (χ4n) is 1.44. The number of rotatable bonds is 3. The van der Waals surface area contributed by atoms with Gasteiger partial charge in [0.05, 0.1) is 17.8 Å². The summed E-state index contributed by atoms with van der Waals surface area (Å²) in [5.74, 6) is 0.470. The molecule has 1 heterocycles. The lowest BCUT2D eigenvalue weighted by Crippen LogP contribution is -2.22. The van der Waals surface area contributed by atoms with Gasteiger partial charge < -0.3 is 9.84 Å². The maximum absolute atomic E-state index is 11.9. The van der Waals surface area contributed by atoms with Crippen LogP contribution in [0.2, 0.25) is 0 Å². The quantitative estimate of drug-likeness (QED) is 0.896. The summed E-state index contributed by atoms with van der Waals surface area (Å²) >= 11 is 6.69. The van der Waals surface area contributed by atoms with E-state index in [1.165, 1.54) is 0 Å². The second-order valence-corrected chi connectivity index (χ2v) is 5.51. The van der Waals surface area contributed by atoms with Gasteiger partial charge in [0.1, 0.15) is 0 Å². The van der Waals surface area contributed by atoms with E-state index in [0.29, 0.717) is 17.9 Å². The third-order valence-electron chi connectivity index (χ3n) is 2.28. The third kappa shape index (κ3) is 3.20. The van der Waals surface area contributed by atoms with E-state index >= 15 is 0 Å². The van der Waals surface area contributed by atoms with E-state index in [1.54, 1.807) is 12.1 Å². The molecule has 2 aromatic rings. The second kappa shape index (κ2) is 5.67. The van der Waals surface area contributed by atoms with Crippen LogP contribution < -0.4 is 5.32 Å². The minimum Gasteiger partial charge on any atom is -0.359 e. The largest absolute Gasteiger partial charge is 0.359 e. The highest BCUT2D eigenvalue weighted by Gasteiger charge is 2.11. The summed E-state index contributed by atoms with van der Waals surface area (Å²) in [6.07, 6.45) is 0. The van der Waals surface area contributed by atoms with Gasteiger partial charge in [-0.1, -0.05) is 21.1 Å². The number of benzene rings is 1. The molecule has 0 unspecified atom stereocenters. The van der Waals surface area contributed by atoms with Gasteiger partial charge in [0.2, 0.25) is 0 Å². The summed E-state index contributed by atoms with van der Waals surface area (Å²) in [6.45, 7) is 2.16. The lowest BCUT2D eigenvalue weighted by atomic mass is 10.2. The van der Waals surface area contributed by atoms with Crippen molar-refractivity contribution in [3.63, 3.8) is 0 Å². The van der Waals surface area contributed by atoms with Gasteiger partial charge in [-0.25, -0.2) is 0 Å². The molecule has 0 saturated carbocycles. The molecule has 0 fully saturated rings. The van der Waals surface area contributed by atoms with Crippen molar-refractivity contribution in [3.05, 3.63) is 50.2 Å². The maximum atomic E-state index is 11.9.